The van der Waals surface area contributed by atoms with Crippen LogP contribution in [0.5, 0.6) is 0 Å². The molecule has 0 heterocycles. The lowest BCUT2D eigenvalue weighted by molar-refractivity contribution is -0.140. The van der Waals surface area contributed by atoms with Gasteiger partial charge in [-0.25, -0.2) is 0 Å². The van der Waals surface area contributed by atoms with Crippen LogP contribution in [0.2, 0.25) is 0 Å². The van der Waals surface area contributed by atoms with E-state index in [2.05, 4.69) is 188 Å². The Balaban J connectivity index is 0.000000313. The molecule has 2 aliphatic rings. The SMILES string of the molecule is CC(=O)OC/C=C(\C)C=O.CC(=O)OC\C=C(C)/C=C/C=C(C)\C=C\C1=C(C)CCCC1(C)C.CC1=C(/C=C/C(C)=C/C[P+](c2ccccc2)(c2ccccc2)c2ccccc2)C(C)(C)CCC1. The van der Waals surface area contributed by atoms with Crippen LogP contribution in [0.4, 0.5) is 0 Å². The van der Waals surface area contributed by atoms with Crippen molar-refractivity contribution in [2.24, 2.45) is 10.8 Å². The normalized spacial score (nSPS) is 16.8. The van der Waals surface area contributed by atoms with Crippen molar-refractivity contribution in [2.75, 3.05) is 19.4 Å². The van der Waals surface area contributed by atoms with Gasteiger partial charge in [0.05, 0.1) is 6.16 Å². The zero-order valence-electron chi connectivity index (χ0n) is 43.4. The summed E-state index contributed by atoms with van der Waals surface area (Å²) < 4.78 is 9.43. The lowest BCUT2D eigenvalue weighted by atomic mass is 9.72. The molecule has 2 aliphatic carbocycles. The Morgan fingerprint density at radius 3 is 1.31 bits per heavy atom. The minimum Gasteiger partial charge on any atom is -0.462 e. The molecule has 0 aliphatic heterocycles. The summed E-state index contributed by atoms with van der Waals surface area (Å²) >= 11 is 0. The first kappa shape index (κ1) is 56.7. The number of rotatable bonds is 16. The molecule has 0 fully saturated rings. The zero-order chi connectivity index (χ0) is 50.2. The van der Waals surface area contributed by atoms with Crippen molar-refractivity contribution < 1.29 is 23.9 Å². The van der Waals surface area contributed by atoms with E-state index in [1.807, 2.05) is 25.2 Å². The van der Waals surface area contributed by atoms with Crippen molar-refractivity contribution in [1.82, 2.24) is 0 Å². The topological polar surface area (TPSA) is 69.7 Å². The van der Waals surface area contributed by atoms with Crippen molar-refractivity contribution in [2.45, 2.75) is 122 Å². The fraction of sp³-hybridized carbons (Fsp3) is 0.371. The largest absolute Gasteiger partial charge is 0.462 e. The maximum absolute atomic E-state index is 10.7. The molecule has 0 atom stereocenters. The standard InChI is InChI=1S/C33H38P.C22H32O2.C7H10O3/c1-27(22-23-32-28(2)15-14-25-33(32,3)4)24-26-34(29-16-8-5-9-17-29,30-18-10-6-11-19-30)31-20-12-7-13-21-31;1-17(9-7-10-18(2)14-16-24-20(4)23)12-13-21-19(3)11-8-15-22(21,5)6;1-6(5-8)3-4-10-7(2)9/h5-13,16-24H,14-15,25-26H2,1-4H3;7,9-10,12-14H,8,11,15-16H2,1-6H3;3,5H,4H2,1-2H3/q+1;;/b23-22+,27-24+;10-7+,13-12+,17-9-,18-14-;6-3+. The van der Waals surface area contributed by atoms with Crippen molar-refractivity contribution in [1.29, 1.82) is 0 Å². The molecule has 5 nitrogen and oxygen atoms in total. The monoisotopic (exact) mass is 936 g/mol. The third-order valence-electron chi connectivity index (χ3n) is 12.7. The van der Waals surface area contributed by atoms with E-state index < -0.39 is 7.26 Å². The summed E-state index contributed by atoms with van der Waals surface area (Å²) in [6.45, 7) is 25.3. The Morgan fingerprint density at radius 1 is 0.544 bits per heavy atom. The van der Waals surface area contributed by atoms with Crippen molar-refractivity contribution in [3.8, 4) is 0 Å². The smallest absolute Gasteiger partial charge is 0.302 e. The summed E-state index contributed by atoms with van der Waals surface area (Å²) in [5.74, 6) is -0.589. The number of ether oxygens (including phenoxy) is 2. The van der Waals surface area contributed by atoms with E-state index in [-0.39, 0.29) is 29.4 Å². The predicted octanol–water partition coefficient (Wildman–Crippen LogP) is 14.8. The summed E-state index contributed by atoms with van der Waals surface area (Å²) in [4.78, 5) is 30.9. The number of carbonyl (C=O) groups excluding carboxylic acids is 3. The highest BCUT2D eigenvalue weighted by Crippen LogP contribution is 2.55. The Morgan fingerprint density at radius 2 is 0.926 bits per heavy atom. The summed E-state index contributed by atoms with van der Waals surface area (Å²) in [6, 6.07) is 33.4. The van der Waals surface area contributed by atoms with E-state index in [0.717, 1.165) is 11.7 Å². The third-order valence-corrected chi connectivity index (χ3v) is 16.9. The molecule has 68 heavy (non-hydrogen) atoms. The first-order chi connectivity index (χ1) is 32.3. The fourth-order valence-electron chi connectivity index (χ4n) is 8.71. The van der Waals surface area contributed by atoms with Crippen LogP contribution < -0.4 is 15.9 Å². The van der Waals surface area contributed by atoms with Gasteiger partial charge in [0.15, 0.2) is 0 Å². The number of carbonyl (C=O) groups is 3. The minimum absolute atomic E-state index is 0.180. The van der Waals surface area contributed by atoms with Crippen LogP contribution in [0.3, 0.4) is 0 Å². The van der Waals surface area contributed by atoms with E-state index in [0.29, 0.717) is 18.5 Å². The Kier molecular flexibility index (Phi) is 23.9. The molecule has 0 aromatic heterocycles. The molecule has 0 saturated carbocycles. The highest BCUT2D eigenvalue weighted by atomic mass is 31.2. The quantitative estimate of drug-likeness (QED) is 0.0470. The van der Waals surface area contributed by atoms with Crippen LogP contribution in [-0.2, 0) is 23.9 Å². The van der Waals surface area contributed by atoms with Crippen LogP contribution in [0.1, 0.15) is 122 Å². The van der Waals surface area contributed by atoms with Gasteiger partial charge in [0.25, 0.3) is 0 Å². The molecular formula is C62H80O5P+. The molecule has 0 N–H and O–H groups in total. The number of esters is 2. The molecule has 0 spiro atoms. The van der Waals surface area contributed by atoms with Crippen LogP contribution in [-0.4, -0.2) is 37.6 Å². The second kappa shape index (κ2) is 28.6. The van der Waals surface area contributed by atoms with Gasteiger partial charge in [0, 0.05) is 13.8 Å². The molecule has 362 valence electrons. The van der Waals surface area contributed by atoms with Gasteiger partial charge >= 0.3 is 11.9 Å². The molecule has 0 radical (unpaired) electrons. The van der Waals surface area contributed by atoms with Gasteiger partial charge in [0.1, 0.15) is 42.7 Å². The van der Waals surface area contributed by atoms with E-state index in [1.54, 1.807) is 18.6 Å². The third kappa shape index (κ3) is 18.8. The number of benzene rings is 3. The fourth-order valence-corrected chi connectivity index (χ4v) is 12.8. The van der Waals surface area contributed by atoms with E-state index in [4.69, 9.17) is 4.74 Å². The van der Waals surface area contributed by atoms with Gasteiger partial charge in [-0.2, -0.15) is 0 Å². The van der Waals surface area contributed by atoms with Crippen LogP contribution in [0.25, 0.3) is 0 Å². The first-order valence-corrected chi connectivity index (χ1v) is 26.2. The molecule has 3 aromatic carbocycles. The number of allylic oxidation sites excluding steroid dienone is 16. The summed E-state index contributed by atoms with van der Waals surface area (Å²) in [7, 11) is -1.82. The first-order valence-electron chi connectivity index (χ1n) is 24.2. The second-order valence-electron chi connectivity index (χ2n) is 19.4. The lowest BCUT2D eigenvalue weighted by Gasteiger charge is -2.33. The molecular weight excluding hydrogens is 856 g/mol. The van der Waals surface area contributed by atoms with E-state index in [9.17, 15) is 14.4 Å². The molecule has 0 amide bonds. The number of aldehydes is 1. The Hall–Kier alpha value is -5.64. The zero-order valence-corrected chi connectivity index (χ0v) is 44.3. The summed E-state index contributed by atoms with van der Waals surface area (Å²) in [5, 5.41) is 4.31. The van der Waals surface area contributed by atoms with Gasteiger partial charge in [-0.1, -0.05) is 153 Å². The van der Waals surface area contributed by atoms with Crippen molar-refractivity contribution >= 4 is 41.4 Å². The van der Waals surface area contributed by atoms with E-state index in [1.165, 1.54) is 96.2 Å². The van der Waals surface area contributed by atoms with Gasteiger partial charge in [0.2, 0.25) is 0 Å². The highest BCUT2D eigenvalue weighted by molar-refractivity contribution is 7.95. The van der Waals surface area contributed by atoms with Crippen molar-refractivity contribution in [3.05, 3.63) is 196 Å². The molecule has 0 unspecified atom stereocenters. The van der Waals surface area contributed by atoms with Gasteiger partial charge < -0.3 is 9.47 Å². The Labute approximate surface area is 411 Å². The van der Waals surface area contributed by atoms with Crippen LogP contribution >= 0.6 is 7.26 Å². The lowest BCUT2D eigenvalue weighted by Crippen LogP contribution is -2.33. The predicted molar refractivity (Wildman–Crippen MR) is 292 cm³/mol. The number of hydrogen-bond donors (Lipinski definition) is 0. The molecule has 3 aromatic rings. The average molecular weight is 936 g/mol. The summed E-state index contributed by atoms with van der Waals surface area (Å²) in [5.41, 5.74) is 10.9. The second-order valence-corrected chi connectivity index (χ2v) is 22.9. The molecule has 0 saturated heterocycles. The minimum atomic E-state index is -1.82. The molecule has 6 heteroatoms. The van der Waals surface area contributed by atoms with Crippen LogP contribution in [0.15, 0.2) is 196 Å². The van der Waals surface area contributed by atoms with Crippen molar-refractivity contribution in [3.63, 3.8) is 0 Å². The van der Waals surface area contributed by atoms with Gasteiger partial charge in [-0.3, -0.25) is 14.4 Å². The molecule has 5 rings (SSSR count). The number of hydrogen-bond acceptors (Lipinski definition) is 5. The molecule has 0 bridgehead atoms. The maximum atomic E-state index is 10.7. The van der Waals surface area contributed by atoms with Crippen LogP contribution in [0, 0.1) is 10.8 Å². The maximum Gasteiger partial charge on any atom is 0.302 e. The van der Waals surface area contributed by atoms with Gasteiger partial charge in [-0.15, -0.1) is 0 Å². The Bertz CT molecular complexity index is 2280. The average Bonchev–Trinajstić information content (AvgIpc) is 3.29. The van der Waals surface area contributed by atoms with Gasteiger partial charge in [-0.05, 0) is 162 Å². The summed E-state index contributed by atoms with van der Waals surface area (Å²) in [6.07, 6.45) is 30.6. The highest BCUT2D eigenvalue weighted by Gasteiger charge is 2.44. The van der Waals surface area contributed by atoms with E-state index >= 15 is 0 Å².